The average Bonchev–Trinajstić information content (AvgIpc) is 2.86. The van der Waals surface area contributed by atoms with Crippen molar-refractivity contribution < 1.29 is 8.42 Å². The van der Waals surface area contributed by atoms with E-state index in [0.29, 0.717) is 18.0 Å². The van der Waals surface area contributed by atoms with E-state index in [1.807, 2.05) is 38.1 Å². The molecule has 4 nitrogen and oxygen atoms in total. The summed E-state index contributed by atoms with van der Waals surface area (Å²) in [5, 5.41) is 0.792. The van der Waals surface area contributed by atoms with Gasteiger partial charge in [0.25, 0.3) is 0 Å². The number of nitrogens with zero attached hydrogens (tertiary/aromatic N) is 1. The highest BCUT2D eigenvalue weighted by Gasteiger charge is 2.29. The molecule has 2 N–H and O–H groups in total. The molecule has 0 saturated heterocycles. The molecule has 0 radical (unpaired) electrons. The minimum absolute atomic E-state index is 0.250. The molecule has 0 amide bonds. The zero-order valence-corrected chi connectivity index (χ0v) is 14.1. The van der Waals surface area contributed by atoms with Crippen molar-refractivity contribution in [1.82, 2.24) is 4.31 Å². The third-order valence-corrected chi connectivity index (χ3v) is 6.70. The van der Waals surface area contributed by atoms with Gasteiger partial charge in [0.1, 0.15) is 4.90 Å². The van der Waals surface area contributed by atoms with Gasteiger partial charge in [-0.1, -0.05) is 32.0 Å². The molecule has 1 heterocycles. The predicted molar refractivity (Wildman–Crippen MR) is 89.1 cm³/mol. The van der Waals surface area contributed by atoms with Crippen molar-refractivity contribution in [3.8, 4) is 0 Å². The number of nitrogens with two attached hydrogens (primary N) is 1. The first-order valence-electron chi connectivity index (χ1n) is 7.26. The van der Waals surface area contributed by atoms with Gasteiger partial charge in [0.05, 0.1) is 0 Å². The van der Waals surface area contributed by atoms with Crippen LogP contribution in [0, 0.1) is 0 Å². The molecule has 0 aliphatic heterocycles. The van der Waals surface area contributed by atoms with E-state index in [4.69, 9.17) is 5.73 Å². The number of hydrogen-bond acceptors (Lipinski definition) is 4. The van der Waals surface area contributed by atoms with Crippen LogP contribution in [0.15, 0.2) is 29.2 Å². The number of rotatable bonds is 7. The summed E-state index contributed by atoms with van der Waals surface area (Å²) in [6, 6.07) is 7.61. The van der Waals surface area contributed by atoms with E-state index in [2.05, 4.69) is 0 Å². The summed E-state index contributed by atoms with van der Waals surface area (Å²) in [7, 11) is -3.49. The molecule has 0 atom stereocenters. The Bertz CT molecular complexity index is 702. The lowest BCUT2D eigenvalue weighted by Gasteiger charge is -2.21. The van der Waals surface area contributed by atoms with Crippen LogP contribution in [0.25, 0.3) is 10.1 Å². The fourth-order valence-electron chi connectivity index (χ4n) is 2.47. The first-order chi connectivity index (χ1) is 10.1. The summed E-state index contributed by atoms with van der Waals surface area (Å²) >= 11 is 1.47. The van der Waals surface area contributed by atoms with E-state index in [1.165, 1.54) is 11.3 Å². The van der Waals surface area contributed by atoms with Gasteiger partial charge in [-0.15, -0.1) is 11.3 Å². The molecule has 2 aromatic rings. The van der Waals surface area contributed by atoms with Crippen molar-refractivity contribution in [2.75, 3.05) is 13.1 Å². The summed E-state index contributed by atoms with van der Waals surface area (Å²) in [6.45, 7) is 5.33. The molecule has 0 aliphatic rings. The molecular weight excluding hydrogens is 304 g/mol. The number of sulfonamides is 1. The van der Waals surface area contributed by atoms with Gasteiger partial charge in [0.2, 0.25) is 10.0 Å². The Labute approximate surface area is 130 Å². The lowest BCUT2D eigenvalue weighted by molar-refractivity contribution is 0.410. The molecule has 21 heavy (non-hydrogen) atoms. The van der Waals surface area contributed by atoms with Crippen molar-refractivity contribution in [3.05, 3.63) is 29.1 Å². The fourth-order valence-corrected chi connectivity index (χ4v) is 5.88. The lowest BCUT2D eigenvalue weighted by atomic mass is 10.2. The van der Waals surface area contributed by atoms with Crippen LogP contribution >= 0.6 is 11.3 Å². The second-order valence-corrected chi connectivity index (χ2v) is 7.97. The Morgan fingerprint density at radius 3 is 2.33 bits per heavy atom. The molecule has 0 spiro atoms. The molecule has 0 unspecified atom stereocenters. The third kappa shape index (κ3) is 3.13. The monoisotopic (exact) mass is 326 g/mol. The Morgan fingerprint density at radius 1 is 1.14 bits per heavy atom. The van der Waals surface area contributed by atoms with Crippen LogP contribution in [0.3, 0.4) is 0 Å². The van der Waals surface area contributed by atoms with Gasteiger partial charge >= 0.3 is 0 Å². The van der Waals surface area contributed by atoms with Crippen LogP contribution in [0.4, 0.5) is 0 Å². The quantitative estimate of drug-likeness (QED) is 0.850. The van der Waals surface area contributed by atoms with Crippen molar-refractivity contribution >= 4 is 31.4 Å². The molecule has 2 rings (SSSR count). The Kier molecular flexibility index (Phi) is 5.37. The molecule has 0 aliphatic carbocycles. The smallest absolute Gasteiger partial charge is 0.244 e. The average molecular weight is 326 g/mol. The maximum Gasteiger partial charge on any atom is 0.244 e. The fraction of sp³-hybridized carbons (Fsp3) is 0.467. The summed E-state index contributed by atoms with van der Waals surface area (Å²) in [4.78, 5) is 1.15. The van der Waals surface area contributed by atoms with Gasteiger partial charge < -0.3 is 5.73 Å². The lowest BCUT2D eigenvalue weighted by Crippen LogP contribution is -2.33. The minimum Gasteiger partial charge on any atom is -0.326 e. The molecule has 0 fully saturated rings. The number of hydrogen-bond donors (Lipinski definition) is 1. The molecule has 6 heteroatoms. The van der Waals surface area contributed by atoms with E-state index >= 15 is 0 Å². The molecular formula is C15H22N2O2S2. The van der Waals surface area contributed by atoms with Gasteiger partial charge in [0.15, 0.2) is 0 Å². The van der Waals surface area contributed by atoms with Crippen LogP contribution in [-0.4, -0.2) is 25.8 Å². The Balaban J connectivity index is 2.62. The van der Waals surface area contributed by atoms with Crippen LogP contribution in [-0.2, 0) is 16.6 Å². The third-order valence-electron chi connectivity index (χ3n) is 3.35. The van der Waals surface area contributed by atoms with Gasteiger partial charge in [-0.2, -0.15) is 4.31 Å². The number of thiophene rings is 1. The first-order valence-corrected chi connectivity index (χ1v) is 9.52. The van der Waals surface area contributed by atoms with Gasteiger partial charge in [-0.05, 0) is 18.9 Å². The largest absolute Gasteiger partial charge is 0.326 e. The Hall–Kier alpha value is -0.950. The normalized spacial score (nSPS) is 12.4. The molecule has 116 valence electrons. The SMILES string of the molecule is CCCN(CCC)S(=O)(=O)c1c(CN)sc2ccccc12. The van der Waals surface area contributed by atoms with Crippen LogP contribution < -0.4 is 5.73 Å². The van der Waals surface area contributed by atoms with E-state index < -0.39 is 10.0 Å². The molecule has 1 aromatic carbocycles. The molecule has 0 bridgehead atoms. The van der Waals surface area contributed by atoms with Crippen molar-refractivity contribution in [3.63, 3.8) is 0 Å². The van der Waals surface area contributed by atoms with E-state index in [9.17, 15) is 8.42 Å². The summed E-state index contributed by atoms with van der Waals surface area (Å²) < 4.78 is 28.6. The van der Waals surface area contributed by atoms with Crippen LogP contribution in [0.5, 0.6) is 0 Å². The van der Waals surface area contributed by atoms with Crippen LogP contribution in [0.2, 0.25) is 0 Å². The highest BCUT2D eigenvalue weighted by Crippen LogP contribution is 2.36. The second kappa shape index (κ2) is 6.87. The summed E-state index contributed by atoms with van der Waals surface area (Å²) in [6.07, 6.45) is 1.61. The van der Waals surface area contributed by atoms with Gasteiger partial charge in [0, 0.05) is 34.6 Å². The minimum atomic E-state index is -3.49. The second-order valence-electron chi connectivity index (χ2n) is 4.96. The van der Waals surface area contributed by atoms with E-state index in [0.717, 1.165) is 27.8 Å². The van der Waals surface area contributed by atoms with E-state index in [1.54, 1.807) is 4.31 Å². The maximum atomic E-state index is 13.0. The van der Waals surface area contributed by atoms with Gasteiger partial charge in [-0.25, -0.2) is 8.42 Å². The molecule has 0 saturated carbocycles. The predicted octanol–water partition coefficient (Wildman–Crippen LogP) is 3.17. The zero-order chi connectivity index (χ0) is 15.5. The van der Waals surface area contributed by atoms with Gasteiger partial charge in [-0.3, -0.25) is 0 Å². The first kappa shape index (κ1) is 16.4. The summed E-state index contributed by atoms with van der Waals surface area (Å²) in [5.41, 5.74) is 5.79. The van der Waals surface area contributed by atoms with Crippen LogP contribution in [0.1, 0.15) is 31.6 Å². The maximum absolute atomic E-state index is 13.0. The number of benzene rings is 1. The highest BCUT2D eigenvalue weighted by atomic mass is 32.2. The zero-order valence-electron chi connectivity index (χ0n) is 12.5. The highest BCUT2D eigenvalue weighted by molar-refractivity contribution is 7.89. The van der Waals surface area contributed by atoms with Crippen molar-refractivity contribution in [2.45, 2.75) is 38.1 Å². The topological polar surface area (TPSA) is 63.4 Å². The van der Waals surface area contributed by atoms with Crippen molar-refractivity contribution in [2.24, 2.45) is 5.73 Å². The number of fused-ring (bicyclic) bond motifs is 1. The van der Waals surface area contributed by atoms with E-state index in [-0.39, 0.29) is 6.54 Å². The van der Waals surface area contributed by atoms with Crippen molar-refractivity contribution in [1.29, 1.82) is 0 Å². The Morgan fingerprint density at radius 2 is 1.76 bits per heavy atom. The summed E-state index contributed by atoms with van der Waals surface area (Å²) in [5.74, 6) is 0. The standard InChI is InChI=1S/C15H22N2O2S2/c1-3-9-17(10-4-2)21(18,19)15-12-7-5-6-8-13(12)20-14(15)11-16/h5-8H,3-4,9-11,16H2,1-2H3. The molecule has 1 aromatic heterocycles.